The Morgan fingerprint density at radius 1 is 1.23 bits per heavy atom. The fraction of sp³-hybridized carbons (Fsp3) is 0.294. The summed E-state index contributed by atoms with van der Waals surface area (Å²) in [5.74, 6) is -1.35. The van der Waals surface area contributed by atoms with Crippen LogP contribution in [-0.4, -0.2) is 22.1 Å². The van der Waals surface area contributed by atoms with Crippen molar-refractivity contribution in [3.05, 3.63) is 54.1 Å². The molecule has 0 aliphatic carbocycles. The lowest BCUT2D eigenvalue weighted by Crippen LogP contribution is -2.40. The van der Waals surface area contributed by atoms with Crippen LogP contribution in [0.3, 0.4) is 0 Å². The van der Waals surface area contributed by atoms with E-state index in [0.717, 1.165) is 11.1 Å². The van der Waals surface area contributed by atoms with E-state index < -0.39 is 12.0 Å². The predicted molar refractivity (Wildman–Crippen MR) is 82.7 cm³/mol. The van der Waals surface area contributed by atoms with Crippen LogP contribution in [0.4, 0.5) is 4.39 Å². The number of aliphatic carboxylic acids is 1. The van der Waals surface area contributed by atoms with Gasteiger partial charge in [0.1, 0.15) is 11.9 Å². The van der Waals surface area contributed by atoms with Gasteiger partial charge < -0.3 is 5.11 Å². The number of nitrogens with one attached hydrogen (secondary N) is 1. The normalized spacial score (nSPS) is 12.4. The Bertz CT molecular complexity index is 644. The van der Waals surface area contributed by atoms with Gasteiger partial charge in [-0.3, -0.25) is 15.1 Å². The Hall–Kier alpha value is -2.27. The number of halogens is 1. The molecule has 22 heavy (non-hydrogen) atoms. The molecule has 0 aliphatic rings. The zero-order chi connectivity index (χ0) is 16.1. The smallest absolute Gasteiger partial charge is 0.320 e. The topological polar surface area (TPSA) is 62.2 Å². The number of nitrogens with zero attached hydrogens (tertiary/aromatic N) is 1. The van der Waals surface area contributed by atoms with Crippen LogP contribution < -0.4 is 5.32 Å². The SMILES string of the molecule is CC(C)[C@H](NCc1ccc(-c2ccncc2)cc1F)C(=O)O. The van der Waals surface area contributed by atoms with Crippen molar-refractivity contribution in [2.75, 3.05) is 0 Å². The minimum atomic E-state index is -0.927. The second-order valence-electron chi connectivity index (χ2n) is 5.48. The van der Waals surface area contributed by atoms with Gasteiger partial charge in [-0.2, -0.15) is 0 Å². The second-order valence-corrected chi connectivity index (χ2v) is 5.48. The number of carbonyl (C=O) groups is 1. The molecular formula is C17H19FN2O2. The summed E-state index contributed by atoms with van der Waals surface area (Å²) in [5, 5.41) is 12.0. The fourth-order valence-electron chi connectivity index (χ4n) is 2.24. The summed E-state index contributed by atoms with van der Waals surface area (Å²) in [6.45, 7) is 3.81. The molecule has 0 saturated carbocycles. The van der Waals surface area contributed by atoms with Crippen molar-refractivity contribution in [2.45, 2.75) is 26.4 Å². The average molecular weight is 302 g/mol. The van der Waals surface area contributed by atoms with Gasteiger partial charge in [0.05, 0.1) is 0 Å². The first-order valence-electron chi connectivity index (χ1n) is 7.14. The summed E-state index contributed by atoms with van der Waals surface area (Å²) in [5.41, 5.74) is 2.10. The largest absolute Gasteiger partial charge is 0.480 e. The quantitative estimate of drug-likeness (QED) is 0.861. The summed E-state index contributed by atoms with van der Waals surface area (Å²) in [7, 11) is 0. The molecule has 5 heteroatoms. The zero-order valence-corrected chi connectivity index (χ0v) is 12.6. The number of hydrogen-bond acceptors (Lipinski definition) is 3. The highest BCUT2D eigenvalue weighted by molar-refractivity contribution is 5.73. The van der Waals surface area contributed by atoms with Gasteiger partial charge in [0, 0.05) is 24.5 Å². The molecule has 2 N–H and O–H groups in total. The van der Waals surface area contributed by atoms with Gasteiger partial charge in [0.25, 0.3) is 0 Å². The molecule has 1 atom stereocenters. The van der Waals surface area contributed by atoms with Crippen molar-refractivity contribution in [1.82, 2.24) is 10.3 Å². The van der Waals surface area contributed by atoms with Gasteiger partial charge in [-0.25, -0.2) is 4.39 Å². The monoisotopic (exact) mass is 302 g/mol. The summed E-state index contributed by atoms with van der Waals surface area (Å²) >= 11 is 0. The van der Waals surface area contributed by atoms with E-state index in [2.05, 4.69) is 10.3 Å². The molecular weight excluding hydrogens is 283 g/mol. The van der Waals surface area contributed by atoms with Gasteiger partial charge >= 0.3 is 5.97 Å². The first-order valence-corrected chi connectivity index (χ1v) is 7.14. The maximum atomic E-state index is 14.2. The molecule has 0 aliphatic heterocycles. The van der Waals surface area contributed by atoms with Crippen molar-refractivity contribution in [1.29, 1.82) is 0 Å². The highest BCUT2D eigenvalue weighted by atomic mass is 19.1. The van der Waals surface area contributed by atoms with Crippen molar-refractivity contribution in [3.63, 3.8) is 0 Å². The van der Waals surface area contributed by atoms with Crippen molar-refractivity contribution < 1.29 is 14.3 Å². The number of benzene rings is 1. The van der Waals surface area contributed by atoms with Crippen molar-refractivity contribution >= 4 is 5.97 Å². The molecule has 2 aromatic rings. The Morgan fingerprint density at radius 3 is 2.45 bits per heavy atom. The molecule has 0 spiro atoms. The number of carboxylic acids is 1. The van der Waals surface area contributed by atoms with Gasteiger partial charge in [-0.05, 0) is 35.2 Å². The van der Waals surface area contributed by atoms with Crippen molar-refractivity contribution in [2.24, 2.45) is 5.92 Å². The summed E-state index contributed by atoms with van der Waals surface area (Å²) in [6, 6.07) is 7.88. The second kappa shape index (κ2) is 7.13. The highest BCUT2D eigenvalue weighted by Crippen LogP contribution is 2.21. The summed E-state index contributed by atoms with van der Waals surface area (Å²) < 4.78 is 14.2. The molecule has 1 aromatic carbocycles. The van der Waals surface area contributed by atoms with E-state index in [-0.39, 0.29) is 18.3 Å². The van der Waals surface area contributed by atoms with Gasteiger partial charge in [0.15, 0.2) is 0 Å². The number of rotatable bonds is 6. The first kappa shape index (κ1) is 16.1. The number of pyridine rings is 1. The molecule has 0 fully saturated rings. The lowest BCUT2D eigenvalue weighted by Gasteiger charge is -2.18. The molecule has 1 aromatic heterocycles. The average Bonchev–Trinajstić information content (AvgIpc) is 2.49. The molecule has 0 bridgehead atoms. The van der Waals surface area contributed by atoms with E-state index >= 15 is 0 Å². The maximum Gasteiger partial charge on any atom is 0.320 e. The number of hydrogen-bond donors (Lipinski definition) is 2. The first-order chi connectivity index (χ1) is 10.5. The maximum absolute atomic E-state index is 14.2. The molecule has 0 unspecified atom stereocenters. The molecule has 1 heterocycles. The lowest BCUT2D eigenvalue weighted by molar-refractivity contribution is -0.140. The van der Waals surface area contributed by atoms with Crippen LogP contribution in [0.25, 0.3) is 11.1 Å². The van der Waals surface area contributed by atoms with E-state index in [1.54, 1.807) is 18.5 Å². The Balaban J connectivity index is 2.12. The van der Waals surface area contributed by atoms with Crippen LogP contribution >= 0.6 is 0 Å². The third kappa shape index (κ3) is 3.89. The molecule has 2 rings (SSSR count). The zero-order valence-electron chi connectivity index (χ0n) is 12.6. The Labute approximate surface area is 129 Å². The van der Waals surface area contributed by atoms with E-state index in [9.17, 15) is 9.18 Å². The number of aromatic nitrogens is 1. The Kier molecular flexibility index (Phi) is 5.22. The Morgan fingerprint density at radius 2 is 1.91 bits per heavy atom. The van der Waals surface area contributed by atoms with E-state index in [1.165, 1.54) is 6.07 Å². The molecule has 0 saturated heterocycles. The van der Waals surface area contributed by atoms with Crippen molar-refractivity contribution in [3.8, 4) is 11.1 Å². The highest BCUT2D eigenvalue weighted by Gasteiger charge is 2.20. The van der Waals surface area contributed by atoms with E-state index in [0.29, 0.717) is 5.56 Å². The fourth-order valence-corrected chi connectivity index (χ4v) is 2.24. The van der Waals surface area contributed by atoms with Crippen LogP contribution in [0.1, 0.15) is 19.4 Å². The molecule has 0 amide bonds. The minimum absolute atomic E-state index is 0.0725. The summed E-state index contributed by atoms with van der Waals surface area (Å²) in [6.07, 6.45) is 3.31. The van der Waals surface area contributed by atoms with E-state index in [1.807, 2.05) is 32.0 Å². The van der Waals surface area contributed by atoms with Crippen LogP contribution in [-0.2, 0) is 11.3 Å². The molecule has 4 nitrogen and oxygen atoms in total. The summed E-state index contributed by atoms with van der Waals surface area (Å²) in [4.78, 5) is 15.1. The van der Waals surface area contributed by atoms with Crippen LogP contribution in [0.5, 0.6) is 0 Å². The third-order valence-electron chi connectivity index (χ3n) is 3.51. The molecule has 0 radical (unpaired) electrons. The lowest BCUT2D eigenvalue weighted by atomic mass is 10.0. The van der Waals surface area contributed by atoms with Crippen LogP contribution in [0.15, 0.2) is 42.7 Å². The van der Waals surface area contributed by atoms with Gasteiger partial charge in [0.2, 0.25) is 0 Å². The molecule has 116 valence electrons. The van der Waals surface area contributed by atoms with Crippen LogP contribution in [0, 0.1) is 11.7 Å². The minimum Gasteiger partial charge on any atom is -0.480 e. The van der Waals surface area contributed by atoms with Crippen LogP contribution in [0.2, 0.25) is 0 Å². The number of carboxylic acid groups (broad SMARTS) is 1. The standard InChI is InChI=1S/C17H19FN2O2/c1-11(2)16(17(21)22)20-10-14-4-3-13(9-15(14)18)12-5-7-19-8-6-12/h3-9,11,16,20H,10H2,1-2H3,(H,21,22)/t16-/m0/s1. The predicted octanol–water partition coefficient (Wildman–Crippen LogP) is 3.09. The third-order valence-corrected chi connectivity index (χ3v) is 3.51. The van der Waals surface area contributed by atoms with Gasteiger partial charge in [-0.15, -0.1) is 0 Å². The van der Waals surface area contributed by atoms with E-state index in [4.69, 9.17) is 5.11 Å². The van der Waals surface area contributed by atoms with Gasteiger partial charge in [-0.1, -0.05) is 26.0 Å².